The van der Waals surface area contributed by atoms with Gasteiger partial charge in [0.15, 0.2) is 0 Å². The van der Waals surface area contributed by atoms with Crippen molar-refractivity contribution in [1.82, 2.24) is 4.98 Å². The zero-order valence-corrected chi connectivity index (χ0v) is 12.0. The molecule has 2 heterocycles. The highest BCUT2D eigenvalue weighted by Crippen LogP contribution is 2.35. The van der Waals surface area contributed by atoms with Gasteiger partial charge in [0.1, 0.15) is 5.01 Å². The van der Waals surface area contributed by atoms with Crippen LogP contribution in [0.1, 0.15) is 29.2 Å². The Kier molecular flexibility index (Phi) is 3.53. The van der Waals surface area contributed by atoms with E-state index in [0.717, 1.165) is 25.1 Å². The topological polar surface area (TPSA) is 42.1 Å². The molecule has 19 heavy (non-hydrogen) atoms. The Hall–Kier alpha value is -1.39. The van der Waals surface area contributed by atoms with E-state index in [9.17, 15) is 0 Å². The molecule has 1 aliphatic rings. The maximum Gasteiger partial charge on any atom is 0.115 e. The van der Waals surface area contributed by atoms with Gasteiger partial charge < -0.3 is 10.6 Å². The lowest BCUT2D eigenvalue weighted by molar-refractivity contribution is 0.688. The third-order valence-corrected chi connectivity index (χ3v) is 4.78. The van der Waals surface area contributed by atoms with Crippen LogP contribution in [0, 0.1) is 0 Å². The molecule has 1 atom stereocenters. The maximum absolute atomic E-state index is 5.59. The minimum absolute atomic E-state index is 0.347. The highest BCUT2D eigenvalue weighted by atomic mass is 32.1. The first-order valence-corrected chi connectivity index (χ1v) is 7.66. The van der Waals surface area contributed by atoms with Crippen LogP contribution in [-0.4, -0.2) is 18.1 Å². The fourth-order valence-corrected chi connectivity index (χ4v) is 3.60. The van der Waals surface area contributed by atoms with E-state index >= 15 is 0 Å². The van der Waals surface area contributed by atoms with E-state index in [-0.39, 0.29) is 0 Å². The molecule has 0 spiro atoms. The van der Waals surface area contributed by atoms with Crippen molar-refractivity contribution in [3.05, 3.63) is 45.9 Å². The fraction of sp³-hybridized carbons (Fsp3) is 0.400. The second-order valence-electron chi connectivity index (χ2n) is 4.96. The minimum atomic E-state index is 0.347. The molecule has 1 aliphatic heterocycles. The second-order valence-corrected chi connectivity index (χ2v) is 5.85. The molecule has 0 saturated heterocycles. The number of benzene rings is 1. The second kappa shape index (κ2) is 5.31. The zero-order chi connectivity index (χ0) is 13.2. The van der Waals surface area contributed by atoms with Crippen LogP contribution >= 0.6 is 11.3 Å². The number of rotatable bonds is 4. The van der Waals surface area contributed by atoms with E-state index in [0.29, 0.717) is 12.6 Å². The van der Waals surface area contributed by atoms with Gasteiger partial charge in [-0.15, -0.1) is 11.3 Å². The number of thiazole rings is 1. The van der Waals surface area contributed by atoms with Gasteiger partial charge in [-0.05, 0) is 31.5 Å². The molecule has 0 amide bonds. The van der Waals surface area contributed by atoms with Gasteiger partial charge in [-0.2, -0.15) is 0 Å². The van der Waals surface area contributed by atoms with E-state index < -0.39 is 0 Å². The number of aromatic nitrogens is 1. The number of anilines is 1. The number of hydrogen-bond donors (Lipinski definition) is 1. The molecule has 0 fully saturated rings. The normalized spacial score (nSPS) is 15.6. The standard InChI is InChI=1S/C15H19N3S/c1-11(15-17-13(6-8-16)10-19-15)18-9-7-12-4-2-3-5-14(12)18/h2-5,10-11H,6-9,16H2,1H3. The van der Waals surface area contributed by atoms with Crippen LogP contribution in [-0.2, 0) is 12.8 Å². The van der Waals surface area contributed by atoms with E-state index in [1.807, 2.05) is 0 Å². The molecule has 2 N–H and O–H groups in total. The summed E-state index contributed by atoms with van der Waals surface area (Å²) in [6, 6.07) is 9.03. The average molecular weight is 273 g/mol. The highest BCUT2D eigenvalue weighted by Gasteiger charge is 2.25. The first-order chi connectivity index (χ1) is 9.29. The number of nitrogens with two attached hydrogens (primary N) is 1. The monoisotopic (exact) mass is 273 g/mol. The lowest BCUT2D eigenvalue weighted by Crippen LogP contribution is -2.24. The maximum atomic E-state index is 5.59. The summed E-state index contributed by atoms with van der Waals surface area (Å²) in [5.41, 5.74) is 9.53. The number of fused-ring (bicyclic) bond motifs is 1. The third-order valence-electron chi connectivity index (χ3n) is 3.72. The van der Waals surface area contributed by atoms with E-state index in [1.165, 1.54) is 16.3 Å². The van der Waals surface area contributed by atoms with Gasteiger partial charge in [0, 0.05) is 24.0 Å². The van der Waals surface area contributed by atoms with Crippen LogP contribution < -0.4 is 10.6 Å². The molecule has 2 aromatic rings. The Balaban J connectivity index is 1.82. The summed E-state index contributed by atoms with van der Waals surface area (Å²) in [4.78, 5) is 7.17. The Morgan fingerprint density at radius 2 is 2.26 bits per heavy atom. The smallest absolute Gasteiger partial charge is 0.115 e. The molecule has 100 valence electrons. The van der Waals surface area contributed by atoms with Gasteiger partial charge in [-0.1, -0.05) is 18.2 Å². The first kappa shape index (κ1) is 12.6. The van der Waals surface area contributed by atoms with Crippen molar-refractivity contribution in [3.63, 3.8) is 0 Å². The molecule has 0 radical (unpaired) electrons. The van der Waals surface area contributed by atoms with Crippen LogP contribution in [0.5, 0.6) is 0 Å². The Morgan fingerprint density at radius 1 is 1.42 bits per heavy atom. The van der Waals surface area contributed by atoms with E-state index in [1.54, 1.807) is 11.3 Å². The number of nitrogens with zero attached hydrogens (tertiary/aromatic N) is 2. The predicted octanol–water partition coefficient (Wildman–Crippen LogP) is 2.77. The largest absolute Gasteiger partial charge is 0.362 e. The molecule has 1 aromatic carbocycles. The van der Waals surface area contributed by atoms with Gasteiger partial charge in [0.05, 0.1) is 11.7 Å². The van der Waals surface area contributed by atoms with Crippen molar-refractivity contribution >= 4 is 17.0 Å². The van der Waals surface area contributed by atoms with Gasteiger partial charge in [0.25, 0.3) is 0 Å². The van der Waals surface area contributed by atoms with Crippen molar-refractivity contribution in [2.45, 2.75) is 25.8 Å². The van der Waals surface area contributed by atoms with Crippen molar-refractivity contribution < 1.29 is 0 Å². The summed E-state index contributed by atoms with van der Waals surface area (Å²) in [7, 11) is 0. The zero-order valence-electron chi connectivity index (χ0n) is 11.2. The van der Waals surface area contributed by atoms with Crippen LogP contribution in [0.3, 0.4) is 0 Å². The van der Waals surface area contributed by atoms with Crippen LogP contribution in [0.15, 0.2) is 29.6 Å². The van der Waals surface area contributed by atoms with Gasteiger partial charge in [0.2, 0.25) is 0 Å². The summed E-state index contributed by atoms with van der Waals surface area (Å²) in [6.07, 6.45) is 2.02. The molecule has 4 heteroatoms. The molecule has 0 saturated carbocycles. The molecule has 1 aromatic heterocycles. The summed E-state index contributed by atoms with van der Waals surface area (Å²) < 4.78 is 0. The Bertz CT molecular complexity index is 564. The third kappa shape index (κ3) is 2.38. The van der Waals surface area contributed by atoms with Crippen molar-refractivity contribution in [2.24, 2.45) is 5.73 Å². The predicted molar refractivity (Wildman–Crippen MR) is 80.8 cm³/mol. The minimum Gasteiger partial charge on any atom is -0.362 e. The SMILES string of the molecule is CC(c1nc(CCN)cs1)N1CCc2ccccc21. The summed E-state index contributed by atoms with van der Waals surface area (Å²) in [5, 5.41) is 3.33. The molecule has 0 bridgehead atoms. The molecular formula is C15H19N3S. The van der Waals surface area contributed by atoms with E-state index in [2.05, 4.69) is 41.5 Å². The first-order valence-electron chi connectivity index (χ1n) is 6.78. The van der Waals surface area contributed by atoms with Crippen molar-refractivity contribution in [3.8, 4) is 0 Å². The van der Waals surface area contributed by atoms with Crippen LogP contribution in [0.2, 0.25) is 0 Å². The summed E-state index contributed by atoms with van der Waals surface area (Å²) in [5.74, 6) is 0. The highest BCUT2D eigenvalue weighted by molar-refractivity contribution is 7.09. The van der Waals surface area contributed by atoms with Gasteiger partial charge >= 0.3 is 0 Å². The lowest BCUT2D eigenvalue weighted by Gasteiger charge is -2.25. The molecule has 3 nitrogen and oxygen atoms in total. The van der Waals surface area contributed by atoms with Crippen LogP contribution in [0.25, 0.3) is 0 Å². The lowest BCUT2D eigenvalue weighted by atomic mass is 10.2. The fourth-order valence-electron chi connectivity index (χ4n) is 2.68. The summed E-state index contributed by atoms with van der Waals surface area (Å²) >= 11 is 1.75. The van der Waals surface area contributed by atoms with Gasteiger partial charge in [-0.25, -0.2) is 4.98 Å². The van der Waals surface area contributed by atoms with E-state index in [4.69, 9.17) is 10.7 Å². The number of para-hydroxylation sites is 1. The molecule has 1 unspecified atom stereocenters. The van der Waals surface area contributed by atoms with Gasteiger partial charge in [-0.3, -0.25) is 0 Å². The molecule has 0 aliphatic carbocycles. The Morgan fingerprint density at radius 3 is 3.11 bits per heavy atom. The van der Waals surface area contributed by atoms with Crippen LogP contribution in [0.4, 0.5) is 5.69 Å². The quantitative estimate of drug-likeness (QED) is 0.931. The Labute approximate surface area is 118 Å². The number of hydrogen-bond acceptors (Lipinski definition) is 4. The average Bonchev–Trinajstić information content (AvgIpc) is 3.05. The van der Waals surface area contributed by atoms with Crippen molar-refractivity contribution in [2.75, 3.05) is 18.0 Å². The molecule has 3 rings (SSSR count). The summed E-state index contributed by atoms with van der Waals surface area (Å²) in [6.45, 7) is 4.00. The molecular weight excluding hydrogens is 254 g/mol. The van der Waals surface area contributed by atoms with Crippen molar-refractivity contribution in [1.29, 1.82) is 0 Å².